The first-order valence-corrected chi connectivity index (χ1v) is 13.4. The summed E-state index contributed by atoms with van der Waals surface area (Å²) in [6.07, 6.45) is 8.76. The summed E-state index contributed by atoms with van der Waals surface area (Å²) in [5.74, 6) is 0.456. The average Bonchev–Trinajstić information content (AvgIpc) is 2.76. The van der Waals surface area contributed by atoms with Crippen LogP contribution in [0, 0.1) is 5.92 Å². The van der Waals surface area contributed by atoms with Crippen LogP contribution in [0.2, 0.25) is 0 Å². The molecular weight excluding hydrogens is 372 g/mol. The monoisotopic (exact) mass is 412 g/mol. The zero-order chi connectivity index (χ0) is 21.0. The Balaban J connectivity index is 2.28. The van der Waals surface area contributed by atoms with Crippen LogP contribution >= 0.6 is 0 Å². The molecule has 2 rings (SSSR count). The molecule has 0 amide bonds. The Kier molecular flexibility index (Phi) is 10.7. The molecule has 1 unspecified atom stereocenters. The molecule has 160 valence electrons. The Bertz CT molecular complexity index is 617. The van der Waals surface area contributed by atoms with Gasteiger partial charge in [0, 0.05) is 12.7 Å². The lowest BCUT2D eigenvalue weighted by atomic mass is 10.1. The maximum atomic E-state index is 6.98. The van der Waals surface area contributed by atoms with E-state index in [9.17, 15) is 0 Å². The van der Waals surface area contributed by atoms with Crippen molar-refractivity contribution in [3.8, 4) is 0 Å². The van der Waals surface area contributed by atoms with E-state index in [-0.39, 0.29) is 6.10 Å². The summed E-state index contributed by atoms with van der Waals surface area (Å²) in [6, 6.07) is 21.3. The highest BCUT2D eigenvalue weighted by molar-refractivity contribution is 6.92. The lowest BCUT2D eigenvalue weighted by Crippen LogP contribution is -2.65. The summed E-state index contributed by atoms with van der Waals surface area (Å²) in [4.78, 5) is 0. The predicted molar refractivity (Wildman–Crippen MR) is 127 cm³/mol. The zero-order valence-corrected chi connectivity index (χ0v) is 19.9. The smallest absolute Gasteiger partial charge is 0.388 e. The van der Waals surface area contributed by atoms with Gasteiger partial charge in [0.1, 0.15) is 0 Å². The topological polar surface area (TPSA) is 18.5 Å². The quantitative estimate of drug-likeness (QED) is 0.277. The van der Waals surface area contributed by atoms with Gasteiger partial charge in [0.2, 0.25) is 0 Å². The number of unbranched alkanes of at least 4 members (excludes halogenated alkanes) is 5. The van der Waals surface area contributed by atoms with Gasteiger partial charge in [0.25, 0.3) is 0 Å². The van der Waals surface area contributed by atoms with Crippen molar-refractivity contribution in [3.05, 3.63) is 60.7 Å². The van der Waals surface area contributed by atoms with E-state index < -0.39 is 8.56 Å². The van der Waals surface area contributed by atoms with Crippen molar-refractivity contribution in [2.45, 2.75) is 78.7 Å². The van der Waals surface area contributed by atoms with E-state index in [1.54, 1.807) is 0 Å². The zero-order valence-electron chi connectivity index (χ0n) is 18.9. The van der Waals surface area contributed by atoms with Crippen LogP contribution in [0.15, 0.2) is 60.7 Å². The molecule has 1 atom stereocenters. The standard InChI is InChI=1S/C26H40O2Si/c1-5-7-8-9-10-17-22-27-29(24-18-13-11-14-19-24,25-20-15-12-16-21-25)28-26(6-2)23(3)4/h11-16,18-21,23,26H,5-10,17,22H2,1-4H3. The third-order valence-corrected chi connectivity index (χ3v) is 9.01. The molecule has 0 heterocycles. The maximum Gasteiger partial charge on any atom is 0.407 e. The molecule has 0 spiro atoms. The van der Waals surface area contributed by atoms with Gasteiger partial charge < -0.3 is 8.85 Å². The van der Waals surface area contributed by atoms with E-state index in [4.69, 9.17) is 8.85 Å². The third kappa shape index (κ3) is 7.09. The van der Waals surface area contributed by atoms with Crippen LogP contribution in [0.4, 0.5) is 0 Å². The molecule has 0 aromatic heterocycles. The van der Waals surface area contributed by atoms with Crippen LogP contribution in [-0.4, -0.2) is 21.3 Å². The van der Waals surface area contributed by atoms with Crippen LogP contribution in [0.25, 0.3) is 0 Å². The Morgan fingerprint density at radius 1 is 0.724 bits per heavy atom. The van der Waals surface area contributed by atoms with Gasteiger partial charge in [-0.1, -0.05) is 120 Å². The van der Waals surface area contributed by atoms with E-state index in [1.165, 1.54) is 42.5 Å². The van der Waals surface area contributed by atoms with E-state index in [0.29, 0.717) is 5.92 Å². The summed E-state index contributed by atoms with van der Waals surface area (Å²) in [7, 11) is -2.77. The van der Waals surface area contributed by atoms with Gasteiger partial charge in [-0.05, 0) is 29.1 Å². The Morgan fingerprint density at radius 2 is 1.24 bits per heavy atom. The van der Waals surface area contributed by atoms with Crippen molar-refractivity contribution >= 4 is 18.9 Å². The van der Waals surface area contributed by atoms with Gasteiger partial charge in [-0.15, -0.1) is 0 Å². The van der Waals surface area contributed by atoms with E-state index in [0.717, 1.165) is 19.4 Å². The normalized spacial score (nSPS) is 13.0. The van der Waals surface area contributed by atoms with E-state index >= 15 is 0 Å². The highest BCUT2D eigenvalue weighted by atomic mass is 28.4. The van der Waals surface area contributed by atoms with E-state index in [2.05, 4.69) is 88.4 Å². The second-order valence-electron chi connectivity index (χ2n) is 8.27. The summed E-state index contributed by atoms with van der Waals surface area (Å²) in [5.41, 5.74) is 0. The van der Waals surface area contributed by atoms with Crippen LogP contribution < -0.4 is 10.4 Å². The number of hydrogen-bond donors (Lipinski definition) is 0. The molecule has 2 aromatic carbocycles. The van der Waals surface area contributed by atoms with Crippen molar-refractivity contribution in [3.63, 3.8) is 0 Å². The first-order valence-electron chi connectivity index (χ1n) is 11.6. The SMILES string of the molecule is CCCCCCCCO[Si](OC(CC)C(C)C)(c1ccccc1)c1ccccc1. The summed E-state index contributed by atoms with van der Waals surface area (Å²) in [5, 5.41) is 2.41. The molecule has 2 aromatic rings. The molecule has 0 aliphatic heterocycles. The Labute approximate surface area is 179 Å². The second kappa shape index (κ2) is 13.0. The first-order chi connectivity index (χ1) is 14.1. The van der Waals surface area contributed by atoms with Crippen molar-refractivity contribution in [1.82, 2.24) is 0 Å². The fourth-order valence-electron chi connectivity index (χ4n) is 3.82. The van der Waals surface area contributed by atoms with Gasteiger partial charge in [-0.3, -0.25) is 0 Å². The van der Waals surface area contributed by atoms with Gasteiger partial charge in [0.05, 0.1) is 0 Å². The van der Waals surface area contributed by atoms with Crippen LogP contribution in [0.5, 0.6) is 0 Å². The second-order valence-corrected chi connectivity index (χ2v) is 11.2. The molecule has 0 N–H and O–H groups in total. The fraction of sp³-hybridized carbons (Fsp3) is 0.538. The van der Waals surface area contributed by atoms with Crippen molar-refractivity contribution in [2.24, 2.45) is 5.92 Å². The molecular formula is C26H40O2Si. The van der Waals surface area contributed by atoms with Crippen molar-refractivity contribution in [1.29, 1.82) is 0 Å². The molecule has 3 heteroatoms. The summed E-state index contributed by atoms with van der Waals surface area (Å²) < 4.78 is 13.8. The van der Waals surface area contributed by atoms with Crippen LogP contribution in [0.1, 0.15) is 72.6 Å². The minimum atomic E-state index is -2.77. The molecule has 0 radical (unpaired) electrons. The Morgan fingerprint density at radius 3 is 1.72 bits per heavy atom. The molecule has 0 saturated carbocycles. The van der Waals surface area contributed by atoms with Crippen LogP contribution in [0.3, 0.4) is 0 Å². The lowest BCUT2D eigenvalue weighted by molar-refractivity contribution is 0.0936. The fourth-order valence-corrected chi connectivity index (χ4v) is 7.39. The highest BCUT2D eigenvalue weighted by Gasteiger charge is 2.44. The minimum Gasteiger partial charge on any atom is -0.388 e. The van der Waals surface area contributed by atoms with Crippen LogP contribution in [-0.2, 0) is 8.85 Å². The maximum absolute atomic E-state index is 6.98. The molecule has 2 nitrogen and oxygen atoms in total. The molecule has 29 heavy (non-hydrogen) atoms. The number of hydrogen-bond acceptors (Lipinski definition) is 2. The third-order valence-electron chi connectivity index (χ3n) is 5.57. The number of rotatable bonds is 14. The molecule has 0 saturated heterocycles. The van der Waals surface area contributed by atoms with Gasteiger partial charge in [0.15, 0.2) is 0 Å². The molecule has 0 fully saturated rings. The molecule has 0 aliphatic carbocycles. The van der Waals surface area contributed by atoms with Gasteiger partial charge in [-0.25, -0.2) is 0 Å². The van der Waals surface area contributed by atoms with Gasteiger partial charge in [-0.2, -0.15) is 0 Å². The van der Waals surface area contributed by atoms with Crippen molar-refractivity contribution in [2.75, 3.05) is 6.61 Å². The highest BCUT2D eigenvalue weighted by Crippen LogP contribution is 2.20. The van der Waals surface area contributed by atoms with Crippen molar-refractivity contribution < 1.29 is 8.85 Å². The molecule has 0 bridgehead atoms. The number of benzene rings is 2. The summed E-state index contributed by atoms with van der Waals surface area (Å²) in [6.45, 7) is 9.73. The summed E-state index contributed by atoms with van der Waals surface area (Å²) >= 11 is 0. The minimum absolute atomic E-state index is 0.187. The predicted octanol–water partition coefficient (Wildman–Crippen LogP) is 6.07. The average molecular weight is 413 g/mol. The van der Waals surface area contributed by atoms with E-state index in [1.807, 2.05) is 0 Å². The largest absolute Gasteiger partial charge is 0.407 e. The lowest BCUT2D eigenvalue weighted by Gasteiger charge is -2.36. The van der Waals surface area contributed by atoms with Gasteiger partial charge >= 0.3 is 8.56 Å². The first kappa shape index (κ1) is 23.9. The molecule has 0 aliphatic rings. The Hall–Kier alpha value is -1.42.